The molecule has 0 saturated heterocycles. The number of hydrogen-bond donors (Lipinski definition) is 0. The van der Waals surface area contributed by atoms with Crippen molar-refractivity contribution in [3.05, 3.63) is 64.6 Å². The van der Waals surface area contributed by atoms with E-state index in [0.29, 0.717) is 10.4 Å². The van der Waals surface area contributed by atoms with Crippen LogP contribution in [0.2, 0.25) is 0 Å². The standard InChI is InChI=1S/C18H12N2OS2/c21-17-11-4-1-2-7-14(11)23-18(20-17)13-6-3-5-12(19-13)16-9-10-8-15(10)22-16/h1-7,9-10,15H,8H2. The molecule has 1 saturated carbocycles. The highest BCUT2D eigenvalue weighted by Gasteiger charge is 2.42. The van der Waals surface area contributed by atoms with E-state index in [-0.39, 0.29) is 5.56 Å². The molecule has 0 N–H and O–H groups in total. The van der Waals surface area contributed by atoms with Gasteiger partial charge in [0.2, 0.25) is 0 Å². The number of hydrogen-bond acceptors (Lipinski definition) is 5. The Morgan fingerprint density at radius 2 is 1.87 bits per heavy atom. The summed E-state index contributed by atoms with van der Waals surface area (Å²) in [6, 6.07) is 13.6. The zero-order valence-corrected chi connectivity index (χ0v) is 13.7. The third-order valence-corrected chi connectivity index (χ3v) is 6.68. The third-order valence-electron chi connectivity index (χ3n) is 4.17. The van der Waals surface area contributed by atoms with Gasteiger partial charge in [0, 0.05) is 14.9 Å². The molecule has 1 aliphatic heterocycles. The van der Waals surface area contributed by atoms with E-state index < -0.39 is 0 Å². The van der Waals surface area contributed by atoms with Crippen molar-refractivity contribution in [2.45, 2.75) is 11.7 Å². The van der Waals surface area contributed by atoms with Crippen LogP contribution in [0, 0.1) is 5.92 Å². The zero-order valence-electron chi connectivity index (χ0n) is 12.1. The number of allylic oxidation sites excluding steroid dienone is 1. The van der Waals surface area contributed by atoms with Gasteiger partial charge in [-0.3, -0.25) is 4.79 Å². The highest BCUT2D eigenvalue weighted by Crippen LogP contribution is 2.55. The van der Waals surface area contributed by atoms with Crippen LogP contribution in [0.25, 0.3) is 25.7 Å². The lowest BCUT2D eigenvalue weighted by Gasteiger charge is -2.06. The van der Waals surface area contributed by atoms with Gasteiger partial charge < -0.3 is 0 Å². The summed E-state index contributed by atoms with van der Waals surface area (Å²) in [6.45, 7) is 0. The molecule has 3 heterocycles. The lowest BCUT2D eigenvalue weighted by Crippen LogP contribution is -2.06. The van der Waals surface area contributed by atoms with Crippen LogP contribution in [-0.2, 0) is 0 Å². The summed E-state index contributed by atoms with van der Waals surface area (Å²) in [6.07, 6.45) is 3.64. The van der Waals surface area contributed by atoms with Gasteiger partial charge in [-0.05, 0) is 36.6 Å². The van der Waals surface area contributed by atoms with Crippen LogP contribution in [0.15, 0.2) is 53.3 Å². The molecule has 2 aliphatic rings. The molecule has 1 aliphatic carbocycles. The Morgan fingerprint density at radius 1 is 1.00 bits per heavy atom. The lowest BCUT2D eigenvalue weighted by molar-refractivity contribution is 1.14. The average molecular weight is 336 g/mol. The second-order valence-corrected chi connectivity index (χ2v) is 8.13. The van der Waals surface area contributed by atoms with Gasteiger partial charge >= 0.3 is 0 Å². The molecule has 0 amide bonds. The molecule has 2 atom stereocenters. The van der Waals surface area contributed by atoms with Gasteiger partial charge in [0.15, 0.2) is 0 Å². The van der Waals surface area contributed by atoms with Crippen LogP contribution < -0.4 is 5.56 Å². The number of pyridine rings is 1. The van der Waals surface area contributed by atoms with Crippen LogP contribution in [0.4, 0.5) is 0 Å². The normalized spacial score (nSPS) is 22.0. The first-order valence-corrected chi connectivity index (χ1v) is 9.24. The van der Waals surface area contributed by atoms with Gasteiger partial charge in [0.05, 0.1) is 16.8 Å². The van der Waals surface area contributed by atoms with Crippen LogP contribution in [-0.4, -0.2) is 15.2 Å². The van der Waals surface area contributed by atoms with E-state index in [2.05, 4.69) is 11.1 Å². The Hall–Kier alpha value is -1.98. The Morgan fingerprint density at radius 3 is 2.74 bits per heavy atom. The van der Waals surface area contributed by atoms with Crippen molar-refractivity contribution in [2.75, 3.05) is 0 Å². The summed E-state index contributed by atoms with van der Waals surface area (Å²) < 4.78 is 0.949. The Labute approximate surface area is 141 Å². The number of rotatable bonds is 2. The summed E-state index contributed by atoms with van der Waals surface area (Å²) in [4.78, 5) is 22.5. The Bertz CT molecular complexity index is 1020. The van der Waals surface area contributed by atoms with Crippen LogP contribution in [0.3, 0.4) is 0 Å². The molecule has 0 bridgehead atoms. The quantitative estimate of drug-likeness (QED) is 0.703. The SMILES string of the molecule is O=c1nc(-c2cccc(C3=CC4CC4S3)n2)sc2ccccc12. The summed E-state index contributed by atoms with van der Waals surface area (Å²) in [7, 11) is 0. The number of nitrogens with zero attached hydrogens (tertiary/aromatic N) is 2. The minimum Gasteiger partial charge on any atom is -0.267 e. The first-order chi connectivity index (χ1) is 11.3. The summed E-state index contributed by atoms with van der Waals surface area (Å²) in [5.74, 6) is 0.746. The largest absolute Gasteiger partial charge is 0.279 e. The molecule has 3 nitrogen and oxygen atoms in total. The van der Waals surface area contributed by atoms with Crippen LogP contribution >= 0.6 is 23.1 Å². The predicted octanol–water partition coefficient (Wildman–Crippen LogP) is 4.19. The van der Waals surface area contributed by atoms with Crippen molar-refractivity contribution in [2.24, 2.45) is 5.92 Å². The maximum atomic E-state index is 12.2. The van der Waals surface area contributed by atoms with E-state index >= 15 is 0 Å². The molecular weight excluding hydrogens is 324 g/mol. The van der Waals surface area contributed by atoms with Crippen molar-refractivity contribution in [1.82, 2.24) is 9.97 Å². The number of thioether (sulfide) groups is 1. The summed E-state index contributed by atoms with van der Waals surface area (Å²) in [5, 5.41) is 2.13. The van der Waals surface area contributed by atoms with Crippen molar-refractivity contribution in [1.29, 1.82) is 0 Å². The van der Waals surface area contributed by atoms with E-state index in [1.807, 2.05) is 54.2 Å². The highest BCUT2D eigenvalue weighted by molar-refractivity contribution is 8.09. The van der Waals surface area contributed by atoms with Gasteiger partial charge in [0.1, 0.15) is 5.01 Å². The van der Waals surface area contributed by atoms with E-state index in [1.54, 1.807) is 0 Å². The highest BCUT2D eigenvalue weighted by atomic mass is 32.2. The van der Waals surface area contributed by atoms with E-state index in [4.69, 9.17) is 4.98 Å². The van der Waals surface area contributed by atoms with Crippen molar-refractivity contribution in [3.63, 3.8) is 0 Å². The molecule has 112 valence electrons. The number of aromatic nitrogens is 2. The molecule has 23 heavy (non-hydrogen) atoms. The van der Waals surface area contributed by atoms with Gasteiger partial charge in [-0.25, -0.2) is 4.98 Å². The topological polar surface area (TPSA) is 42.9 Å². The fraction of sp³-hybridized carbons (Fsp3) is 0.167. The lowest BCUT2D eigenvalue weighted by atomic mass is 10.2. The first-order valence-electron chi connectivity index (χ1n) is 7.54. The average Bonchev–Trinajstić information content (AvgIpc) is 3.20. The predicted molar refractivity (Wildman–Crippen MR) is 96.6 cm³/mol. The number of benzene rings is 1. The summed E-state index contributed by atoms with van der Waals surface area (Å²) >= 11 is 3.44. The third kappa shape index (κ3) is 2.31. The molecule has 5 heteroatoms. The minimum absolute atomic E-state index is 0.183. The fourth-order valence-electron chi connectivity index (χ4n) is 2.86. The molecule has 0 radical (unpaired) electrons. The van der Waals surface area contributed by atoms with Gasteiger partial charge in [0.25, 0.3) is 5.56 Å². The van der Waals surface area contributed by atoms with Crippen molar-refractivity contribution < 1.29 is 0 Å². The molecule has 5 rings (SSSR count). The van der Waals surface area contributed by atoms with E-state index in [0.717, 1.165) is 27.3 Å². The maximum Gasteiger partial charge on any atom is 0.279 e. The van der Waals surface area contributed by atoms with E-state index in [1.165, 1.54) is 22.7 Å². The summed E-state index contributed by atoms with van der Waals surface area (Å²) in [5.41, 5.74) is 1.59. The second-order valence-electron chi connectivity index (χ2n) is 5.82. The molecule has 2 aromatic heterocycles. The van der Waals surface area contributed by atoms with Crippen LogP contribution in [0.1, 0.15) is 12.1 Å². The second kappa shape index (κ2) is 5.01. The molecular formula is C18H12N2OS2. The number of fused-ring (bicyclic) bond motifs is 2. The van der Waals surface area contributed by atoms with Gasteiger partial charge in [-0.2, -0.15) is 4.98 Å². The zero-order chi connectivity index (χ0) is 15.4. The van der Waals surface area contributed by atoms with Gasteiger partial charge in [-0.15, -0.1) is 23.1 Å². The van der Waals surface area contributed by atoms with Crippen molar-refractivity contribution in [3.8, 4) is 10.7 Å². The Kier molecular flexibility index (Phi) is 2.93. The smallest absolute Gasteiger partial charge is 0.267 e. The molecule has 3 aromatic rings. The maximum absolute atomic E-state index is 12.2. The molecule has 0 spiro atoms. The Balaban J connectivity index is 1.62. The van der Waals surface area contributed by atoms with Gasteiger partial charge in [-0.1, -0.05) is 24.3 Å². The molecule has 2 unspecified atom stereocenters. The monoisotopic (exact) mass is 336 g/mol. The first kappa shape index (κ1) is 13.5. The minimum atomic E-state index is -0.183. The van der Waals surface area contributed by atoms with Crippen LogP contribution in [0.5, 0.6) is 0 Å². The van der Waals surface area contributed by atoms with Crippen molar-refractivity contribution >= 4 is 38.1 Å². The van der Waals surface area contributed by atoms with E-state index in [9.17, 15) is 4.79 Å². The fourth-order valence-corrected chi connectivity index (χ4v) is 5.21. The molecule has 1 fully saturated rings. The molecule has 1 aromatic carbocycles.